The Hall–Kier alpha value is -2.63. The first-order valence-corrected chi connectivity index (χ1v) is 8.06. The molecular formula is C15H9F6N5S. The molecular weight excluding hydrogens is 396 g/mol. The molecule has 0 aliphatic heterocycles. The van der Waals surface area contributed by atoms with E-state index in [1.807, 2.05) is 0 Å². The number of nitrogens with zero attached hydrogens (tertiary/aromatic N) is 5. The Balaban J connectivity index is 1.94. The van der Waals surface area contributed by atoms with Gasteiger partial charge in [-0.2, -0.15) is 26.3 Å². The number of hydrogen-bond acceptors (Lipinski definition) is 5. The first-order valence-electron chi connectivity index (χ1n) is 7.25. The van der Waals surface area contributed by atoms with Crippen LogP contribution in [0.4, 0.5) is 26.3 Å². The zero-order valence-corrected chi connectivity index (χ0v) is 14.0. The molecule has 3 rings (SSSR count). The molecule has 0 aliphatic carbocycles. The molecule has 0 amide bonds. The smallest absolute Gasteiger partial charge is 0.293 e. The number of alkyl halides is 6. The molecule has 0 saturated carbocycles. The van der Waals surface area contributed by atoms with E-state index in [4.69, 9.17) is 0 Å². The van der Waals surface area contributed by atoms with Gasteiger partial charge in [0.05, 0.1) is 5.56 Å². The maximum absolute atomic E-state index is 13.0. The molecule has 0 aliphatic rings. The van der Waals surface area contributed by atoms with Crippen LogP contribution in [-0.2, 0) is 12.7 Å². The van der Waals surface area contributed by atoms with Crippen molar-refractivity contribution in [1.29, 1.82) is 0 Å². The highest BCUT2D eigenvalue weighted by atomic mass is 32.2. The molecule has 0 N–H and O–H groups in total. The second-order valence-electron chi connectivity index (χ2n) is 5.23. The molecule has 0 saturated heterocycles. The van der Waals surface area contributed by atoms with Gasteiger partial charge in [-0.05, 0) is 36.0 Å². The lowest BCUT2D eigenvalue weighted by Gasteiger charge is -2.12. The van der Waals surface area contributed by atoms with Crippen molar-refractivity contribution in [3.8, 4) is 11.4 Å². The van der Waals surface area contributed by atoms with Crippen LogP contribution in [0.3, 0.4) is 0 Å². The second kappa shape index (κ2) is 7.18. The van der Waals surface area contributed by atoms with Gasteiger partial charge in [0.1, 0.15) is 11.6 Å². The van der Waals surface area contributed by atoms with Crippen LogP contribution in [0.25, 0.3) is 11.4 Å². The molecule has 0 spiro atoms. The van der Waals surface area contributed by atoms with E-state index in [1.54, 1.807) is 0 Å². The maximum atomic E-state index is 13.0. The Labute approximate surface area is 152 Å². The molecule has 0 atom stereocenters. The Morgan fingerprint density at radius 2 is 1.63 bits per heavy atom. The second-order valence-corrected chi connectivity index (χ2v) is 6.22. The average molecular weight is 405 g/mol. The third-order valence-electron chi connectivity index (χ3n) is 3.25. The summed E-state index contributed by atoms with van der Waals surface area (Å²) < 4.78 is 77.5. The van der Waals surface area contributed by atoms with Gasteiger partial charge in [0.2, 0.25) is 0 Å². The lowest BCUT2D eigenvalue weighted by atomic mass is 10.2. The minimum absolute atomic E-state index is 0.0378. The number of pyridine rings is 2. The van der Waals surface area contributed by atoms with E-state index in [-0.39, 0.29) is 16.0 Å². The third kappa shape index (κ3) is 4.76. The zero-order chi connectivity index (χ0) is 19.7. The van der Waals surface area contributed by atoms with Crippen LogP contribution < -0.4 is 0 Å². The summed E-state index contributed by atoms with van der Waals surface area (Å²) in [5.74, 6) is -0.0378. The molecule has 3 aromatic heterocycles. The minimum Gasteiger partial charge on any atom is -0.293 e. The Bertz CT molecular complexity index is 905. The summed E-state index contributed by atoms with van der Waals surface area (Å²) >= 11 is 0.685. The van der Waals surface area contributed by atoms with Gasteiger partial charge in [-0.1, -0.05) is 0 Å². The van der Waals surface area contributed by atoms with Crippen molar-refractivity contribution in [3.05, 3.63) is 48.4 Å². The molecule has 5 nitrogen and oxygen atoms in total. The highest BCUT2D eigenvalue weighted by molar-refractivity contribution is 7.99. The number of rotatable bonds is 4. The van der Waals surface area contributed by atoms with Crippen LogP contribution in [0.2, 0.25) is 0 Å². The monoisotopic (exact) mass is 405 g/mol. The van der Waals surface area contributed by atoms with Gasteiger partial charge >= 0.3 is 12.4 Å². The fourth-order valence-electron chi connectivity index (χ4n) is 2.10. The van der Waals surface area contributed by atoms with Crippen molar-refractivity contribution in [2.75, 3.05) is 0 Å². The molecule has 3 heterocycles. The molecule has 0 aromatic carbocycles. The minimum atomic E-state index is -4.55. The normalized spacial score (nSPS) is 12.4. The Kier molecular flexibility index (Phi) is 5.09. The van der Waals surface area contributed by atoms with Gasteiger partial charge in [0, 0.05) is 24.2 Å². The van der Waals surface area contributed by atoms with E-state index in [9.17, 15) is 26.3 Å². The summed E-state index contributed by atoms with van der Waals surface area (Å²) in [4.78, 5) is 7.42. The quantitative estimate of drug-likeness (QED) is 0.600. The lowest BCUT2D eigenvalue weighted by molar-refractivity contribution is -0.141. The Morgan fingerprint density at radius 3 is 2.19 bits per heavy atom. The van der Waals surface area contributed by atoms with Gasteiger partial charge < -0.3 is 0 Å². The zero-order valence-electron chi connectivity index (χ0n) is 13.2. The summed E-state index contributed by atoms with van der Waals surface area (Å²) in [5.41, 5.74) is -0.588. The van der Waals surface area contributed by atoms with Crippen LogP contribution in [0, 0.1) is 0 Å². The summed E-state index contributed by atoms with van der Waals surface area (Å²) in [6.45, 7) is -1.36. The fraction of sp³-hybridized carbons (Fsp3) is 0.200. The highest BCUT2D eigenvalue weighted by Crippen LogP contribution is 2.33. The van der Waals surface area contributed by atoms with Gasteiger partial charge in [-0.3, -0.25) is 9.55 Å². The van der Waals surface area contributed by atoms with Crippen molar-refractivity contribution < 1.29 is 26.3 Å². The fourth-order valence-corrected chi connectivity index (χ4v) is 2.87. The number of hydrogen-bond donors (Lipinski definition) is 0. The molecule has 0 unspecified atom stereocenters. The third-order valence-corrected chi connectivity index (χ3v) is 4.19. The first kappa shape index (κ1) is 19.1. The van der Waals surface area contributed by atoms with Crippen LogP contribution >= 0.6 is 11.8 Å². The SMILES string of the molecule is FC(F)(F)Cn1c(Sc2ccc(C(F)(F)F)cn2)nnc1-c1ccncc1. The first-order chi connectivity index (χ1) is 12.6. The van der Waals surface area contributed by atoms with Crippen LogP contribution in [0.1, 0.15) is 5.56 Å². The van der Waals surface area contributed by atoms with Gasteiger partial charge in [0.25, 0.3) is 0 Å². The predicted octanol–water partition coefficient (Wildman–Crippen LogP) is 4.47. The topological polar surface area (TPSA) is 56.5 Å². The summed E-state index contributed by atoms with van der Waals surface area (Å²) in [5, 5.41) is 7.43. The van der Waals surface area contributed by atoms with E-state index < -0.39 is 24.5 Å². The summed E-state index contributed by atoms with van der Waals surface area (Å²) in [7, 11) is 0. The molecule has 0 bridgehead atoms. The number of aromatic nitrogens is 5. The molecule has 3 aromatic rings. The largest absolute Gasteiger partial charge is 0.417 e. The molecule has 0 radical (unpaired) electrons. The highest BCUT2D eigenvalue weighted by Gasteiger charge is 2.32. The summed E-state index contributed by atoms with van der Waals surface area (Å²) in [6, 6.07) is 4.80. The average Bonchev–Trinajstić information content (AvgIpc) is 2.96. The van der Waals surface area contributed by atoms with E-state index in [2.05, 4.69) is 20.2 Å². The van der Waals surface area contributed by atoms with E-state index in [0.29, 0.717) is 23.5 Å². The van der Waals surface area contributed by atoms with Crippen molar-refractivity contribution in [3.63, 3.8) is 0 Å². The predicted molar refractivity (Wildman–Crippen MR) is 82.7 cm³/mol. The van der Waals surface area contributed by atoms with Gasteiger partial charge in [-0.25, -0.2) is 4.98 Å². The van der Waals surface area contributed by atoms with E-state index in [0.717, 1.165) is 16.7 Å². The molecule has 12 heteroatoms. The van der Waals surface area contributed by atoms with Crippen molar-refractivity contribution in [1.82, 2.24) is 24.7 Å². The maximum Gasteiger partial charge on any atom is 0.417 e. The standard InChI is InChI=1S/C15H9F6N5S/c16-14(17,18)8-26-12(9-3-5-22-6-4-9)24-25-13(26)27-11-2-1-10(7-23-11)15(19,20)21/h1-7H,8H2. The molecule has 27 heavy (non-hydrogen) atoms. The summed E-state index contributed by atoms with van der Waals surface area (Å²) in [6.07, 6.45) is -5.71. The van der Waals surface area contributed by atoms with E-state index >= 15 is 0 Å². The van der Waals surface area contributed by atoms with Crippen molar-refractivity contribution in [2.24, 2.45) is 0 Å². The van der Waals surface area contributed by atoms with Crippen molar-refractivity contribution >= 4 is 11.8 Å². The van der Waals surface area contributed by atoms with Crippen LogP contribution in [0.5, 0.6) is 0 Å². The Morgan fingerprint density at radius 1 is 0.926 bits per heavy atom. The molecule has 142 valence electrons. The van der Waals surface area contributed by atoms with Gasteiger partial charge in [-0.15, -0.1) is 10.2 Å². The van der Waals surface area contributed by atoms with Crippen molar-refractivity contribution in [2.45, 2.75) is 29.1 Å². The van der Waals surface area contributed by atoms with Gasteiger partial charge in [0.15, 0.2) is 11.0 Å². The molecule has 0 fully saturated rings. The van der Waals surface area contributed by atoms with Crippen LogP contribution in [0.15, 0.2) is 53.0 Å². The number of halogens is 6. The lowest BCUT2D eigenvalue weighted by Crippen LogP contribution is -2.19. The van der Waals surface area contributed by atoms with E-state index in [1.165, 1.54) is 24.5 Å². The van der Waals surface area contributed by atoms with Crippen LogP contribution in [-0.4, -0.2) is 30.9 Å².